The topological polar surface area (TPSA) is 35.8 Å². The number of hydrogen-bond acceptors (Lipinski definition) is 2. The Morgan fingerprint density at radius 3 is 2.79 bits per heavy atom. The Morgan fingerprint density at radius 2 is 2.16 bits per heavy atom. The van der Waals surface area contributed by atoms with Gasteiger partial charge in [0.2, 0.25) is 0 Å². The van der Waals surface area contributed by atoms with Gasteiger partial charge in [0, 0.05) is 24.0 Å². The molecule has 1 N–H and O–H groups in total. The first-order valence-electron chi connectivity index (χ1n) is 6.78. The molecule has 0 bridgehead atoms. The Bertz CT molecular complexity index is 435. The van der Waals surface area contributed by atoms with Gasteiger partial charge in [-0.25, -0.2) is 0 Å². The molecule has 1 unspecified atom stereocenters. The number of rotatable bonds is 7. The van der Waals surface area contributed by atoms with Crippen LogP contribution in [0, 0.1) is 16.7 Å². The van der Waals surface area contributed by atoms with E-state index in [0.29, 0.717) is 12.5 Å². The van der Waals surface area contributed by atoms with Gasteiger partial charge in [0.05, 0.1) is 6.07 Å². The molecule has 0 heterocycles. The molecule has 3 heteroatoms. The molecular weight excluding hydrogens is 256 g/mol. The summed E-state index contributed by atoms with van der Waals surface area (Å²) in [6, 6.07) is 10.6. The van der Waals surface area contributed by atoms with Crippen LogP contribution in [-0.2, 0) is 6.42 Å². The average Bonchev–Trinajstić information content (AvgIpc) is 2.34. The summed E-state index contributed by atoms with van der Waals surface area (Å²) in [6.07, 6.45) is 2.52. The lowest BCUT2D eigenvalue weighted by Crippen LogP contribution is -2.36. The number of nitrogens with zero attached hydrogens (tertiary/aromatic N) is 1. The van der Waals surface area contributed by atoms with Gasteiger partial charge < -0.3 is 5.32 Å². The zero-order valence-corrected chi connectivity index (χ0v) is 12.8. The summed E-state index contributed by atoms with van der Waals surface area (Å²) in [5, 5.41) is 13.0. The Kier molecular flexibility index (Phi) is 6.34. The molecule has 1 aromatic rings. The summed E-state index contributed by atoms with van der Waals surface area (Å²) < 4.78 is 0. The van der Waals surface area contributed by atoms with Crippen molar-refractivity contribution in [2.75, 3.05) is 6.54 Å². The van der Waals surface area contributed by atoms with Gasteiger partial charge in [-0.3, -0.25) is 0 Å². The minimum absolute atomic E-state index is 0.165. The first-order valence-corrected chi connectivity index (χ1v) is 7.15. The van der Waals surface area contributed by atoms with Gasteiger partial charge in [0.1, 0.15) is 0 Å². The lowest BCUT2D eigenvalue weighted by Gasteiger charge is -2.26. The Labute approximate surface area is 121 Å². The number of benzene rings is 1. The third kappa shape index (κ3) is 6.61. The number of nitrogens with one attached hydrogen (secondary N) is 1. The van der Waals surface area contributed by atoms with E-state index in [1.165, 1.54) is 5.56 Å². The van der Waals surface area contributed by atoms with Gasteiger partial charge in [-0.05, 0) is 42.9 Å². The van der Waals surface area contributed by atoms with Gasteiger partial charge in [-0.2, -0.15) is 5.26 Å². The lowest BCUT2D eigenvalue weighted by atomic mass is 9.87. The highest BCUT2D eigenvalue weighted by molar-refractivity contribution is 6.30. The van der Waals surface area contributed by atoms with E-state index < -0.39 is 0 Å². The zero-order chi connectivity index (χ0) is 14.3. The van der Waals surface area contributed by atoms with E-state index >= 15 is 0 Å². The summed E-state index contributed by atoms with van der Waals surface area (Å²) in [7, 11) is 0. The van der Waals surface area contributed by atoms with Crippen molar-refractivity contribution in [3.05, 3.63) is 34.9 Å². The molecule has 0 aliphatic rings. The first-order chi connectivity index (χ1) is 8.93. The van der Waals surface area contributed by atoms with Crippen molar-refractivity contribution in [2.45, 2.75) is 46.1 Å². The third-order valence-corrected chi connectivity index (χ3v) is 3.51. The molecule has 0 aromatic heterocycles. The fourth-order valence-corrected chi connectivity index (χ4v) is 2.24. The molecule has 0 saturated carbocycles. The molecule has 1 aromatic carbocycles. The van der Waals surface area contributed by atoms with E-state index in [2.05, 4.69) is 38.2 Å². The highest BCUT2D eigenvalue weighted by atomic mass is 35.5. The van der Waals surface area contributed by atoms with Gasteiger partial charge in [0.15, 0.2) is 0 Å². The third-order valence-electron chi connectivity index (χ3n) is 3.27. The van der Waals surface area contributed by atoms with Crippen molar-refractivity contribution in [1.82, 2.24) is 5.32 Å². The zero-order valence-electron chi connectivity index (χ0n) is 12.0. The largest absolute Gasteiger partial charge is 0.313 e. The first kappa shape index (κ1) is 16.0. The van der Waals surface area contributed by atoms with E-state index in [1.54, 1.807) is 0 Å². The van der Waals surface area contributed by atoms with Crippen molar-refractivity contribution in [1.29, 1.82) is 5.26 Å². The summed E-state index contributed by atoms with van der Waals surface area (Å²) in [4.78, 5) is 0. The molecule has 0 aliphatic heterocycles. The monoisotopic (exact) mass is 278 g/mol. The normalized spacial score (nSPS) is 13.0. The van der Waals surface area contributed by atoms with Crippen molar-refractivity contribution in [3.63, 3.8) is 0 Å². The van der Waals surface area contributed by atoms with E-state index in [9.17, 15) is 0 Å². The van der Waals surface area contributed by atoms with Crippen molar-refractivity contribution < 1.29 is 0 Å². The minimum atomic E-state index is 0.165. The van der Waals surface area contributed by atoms with Crippen LogP contribution in [0.25, 0.3) is 0 Å². The predicted molar refractivity (Wildman–Crippen MR) is 81.2 cm³/mol. The number of halogens is 1. The van der Waals surface area contributed by atoms with Gasteiger partial charge in [0.25, 0.3) is 0 Å². The fourth-order valence-electron chi connectivity index (χ4n) is 2.02. The van der Waals surface area contributed by atoms with Gasteiger partial charge in [-0.1, -0.05) is 37.6 Å². The Morgan fingerprint density at radius 1 is 1.42 bits per heavy atom. The molecule has 0 amide bonds. The van der Waals surface area contributed by atoms with Crippen LogP contribution in [0.15, 0.2) is 24.3 Å². The van der Waals surface area contributed by atoms with Crippen molar-refractivity contribution in [3.8, 4) is 6.07 Å². The summed E-state index contributed by atoms with van der Waals surface area (Å²) in [5.74, 6) is 0. The molecule has 19 heavy (non-hydrogen) atoms. The van der Waals surface area contributed by atoms with Gasteiger partial charge in [-0.15, -0.1) is 0 Å². The maximum absolute atomic E-state index is 8.64. The number of nitriles is 1. The number of hydrogen-bond donors (Lipinski definition) is 1. The van der Waals surface area contributed by atoms with E-state index in [1.807, 2.05) is 18.2 Å². The molecule has 1 rings (SSSR count). The SMILES string of the molecule is CC(Cc1cccc(Cl)c1)NCC(C)(C)CCC#N. The second-order valence-electron chi connectivity index (χ2n) is 5.94. The van der Waals surface area contributed by atoms with Crippen molar-refractivity contribution in [2.24, 2.45) is 5.41 Å². The second kappa shape index (κ2) is 7.53. The van der Waals surface area contributed by atoms with E-state index in [4.69, 9.17) is 16.9 Å². The summed E-state index contributed by atoms with van der Waals surface area (Å²) >= 11 is 5.98. The minimum Gasteiger partial charge on any atom is -0.313 e. The molecule has 0 radical (unpaired) electrons. The van der Waals surface area contributed by atoms with Crippen LogP contribution in [0.3, 0.4) is 0 Å². The van der Waals surface area contributed by atoms with Crippen LogP contribution in [0.2, 0.25) is 5.02 Å². The molecule has 104 valence electrons. The highest BCUT2D eigenvalue weighted by Gasteiger charge is 2.18. The van der Waals surface area contributed by atoms with Crippen LogP contribution in [0.5, 0.6) is 0 Å². The molecule has 0 fully saturated rings. The highest BCUT2D eigenvalue weighted by Crippen LogP contribution is 2.21. The fraction of sp³-hybridized carbons (Fsp3) is 0.562. The van der Waals surface area contributed by atoms with Crippen LogP contribution < -0.4 is 5.32 Å². The predicted octanol–water partition coefficient (Wildman–Crippen LogP) is 4.19. The van der Waals surface area contributed by atoms with E-state index in [0.717, 1.165) is 24.4 Å². The average molecular weight is 279 g/mol. The molecule has 0 aliphatic carbocycles. The molecule has 1 atom stereocenters. The van der Waals surface area contributed by atoms with Gasteiger partial charge >= 0.3 is 0 Å². The smallest absolute Gasteiger partial charge is 0.0621 e. The summed E-state index contributed by atoms with van der Waals surface area (Å²) in [6.45, 7) is 7.50. The Hall–Kier alpha value is -1.04. The maximum atomic E-state index is 8.64. The Balaban J connectivity index is 2.39. The lowest BCUT2D eigenvalue weighted by molar-refractivity contribution is 0.303. The van der Waals surface area contributed by atoms with Crippen LogP contribution in [-0.4, -0.2) is 12.6 Å². The summed E-state index contributed by atoms with van der Waals surface area (Å²) in [5.41, 5.74) is 1.42. The molecule has 0 saturated heterocycles. The quantitative estimate of drug-likeness (QED) is 0.812. The molecule has 2 nitrogen and oxygen atoms in total. The van der Waals surface area contributed by atoms with Crippen LogP contribution >= 0.6 is 11.6 Å². The van der Waals surface area contributed by atoms with E-state index in [-0.39, 0.29) is 5.41 Å². The van der Waals surface area contributed by atoms with Crippen LogP contribution in [0.4, 0.5) is 0 Å². The second-order valence-corrected chi connectivity index (χ2v) is 6.37. The van der Waals surface area contributed by atoms with Crippen LogP contribution in [0.1, 0.15) is 39.2 Å². The maximum Gasteiger partial charge on any atom is 0.0621 e. The standard InChI is InChI=1S/C16H23ClN2/c1-13(10-14-6-4-7-15(17)11-14)19-12-16(2,3)8-5-9-18/h4,6-7,11,13,19H,5,8,10,12H2,1-3H3. The molecule has 0 spiro atoms. The molecular formula is C16H23ClN2. The van der Waals surface area contributed by atoms with Crippen molar-refractivity contribution >= 4 is 11.6 Å².